The van der Waals surface area contributed by atoms with Gasteiger partial charge in [0.15, 0.2) is 0 Å². The molecule has 0 amide bonds. The summed E-state index contributed by atoms with van der Waals surface area (Å²) in [6, 6.07) is 26.2. The van der Waals surface area contributed by atoms with Crippen LogP contribution in [0.4, 0.5) is 0 Å². The van der Waals surface area contributed by atoms with Crippen molar-refractivity contribution in [1.82, 2.24) is 15.0 Å². The Labute approximate surface area is 207 Å². The Hall–Kier alpha value is -5.02. The minimum atomic E-state index is 0.485. The Morgan fingerprint density at radius 1 is 0.722 bits per heavy atom. The minimum Gasteiger partial charge on any atom is -0.497 e. The summed E-state index contributed by atoms with van der Waals surface area (Å²) in [5, 5.41) is 12.5. The predicted octanol–water partition coefficient (Wildman–Crippen LogP) is 6.93. The number of ether oxygens (including phenoxy) is 2. The number of fused-ring (bicyclic) bond motifs is 2. The molecular formula is C30H22N4O2. The van der Waals surface area contributed by atoms with Gasteiger partial charge in [0.05, 0.1) is 31.2 Å². The molecule has 0 bridgehead atoms. The number of para-hydroxylation sites is 2. The van der Waals surface area contributed by atoms with Crippen molar-refractivity contribution in [3.63, 3.8) is 0 Å². The van der Waals surface area contributed by atoms with Crippen molar-refractivity contribution < 1.29 is 9.47 Å². The van der Waals surface area contributed by atoms with E-state index in [1.54, 1.807) is 14.2 Å². The molecule has 6 nitrogen and oxygen atoms in total. The summed E-state index contributed by atoms with van der Waals surface area (Å²) in [4.78, 5) is 11.7. The summed E-state index contributed by atoms with van der Waals surface area (Å²) in [6.07, 6.45) is 3.89. The summed E-state index contributed by atoms with van der Waals surface area (Å²) >= 11 is 0. The van der Waals surface area contributed by atoms with E-state index >= 15 is 0 Å². The average molecular weight is 471 g/mol. The van der Waals surface area contributed by atoms with Crippen molar-refractivity contribution in [2.24, 2.45) is 0 Å². The van der Waals surface area contributed by atoms with E-state index in [4.69, 9.17) is 14.5 Å². The molecule has 6 rings (SSSR count). The first-order valence-corrected chi connectivity index (χ1v) is 11.5. The second-order valence-electron chi connectivity index (χ2n) is 8.49. The van der Waals surface area contributed by atoms with Gasteiger partial charge in [-0.05, 0) is 35.9 Å². The second kappa shape index (κ2) is 8.64. The van der Waals surface area contributed by atoms with Crippen LogP contribution < -0.4 is 9.47 Å². The van der Waals surface area contributed by atoms with Crippen LogP contribution in [0.15, 0.2) is 85.2 Å². The van der Waals surface area contributed by atoms with Crippen LogP contribution in [-0.4, -0.2) is 29.2 Å². The van der Waals surface area contributed by atoms with Crippen molar-refractivity contribution in [2.45, 2.75) is 0 Å². The Balaban J connectivity index is 1.70. The van der Waals surface area contributed by atoms with Crippen molar-refractivity contribution in [1.29, 1.82) is 5.26 Å². The molecule has 0 atom stereocenters. The number of methoxy groups -OCH3 is 2. The second-order valence-corrected chi connectivity index (χ2v) is 8.49. The van der Waals surface area contributed by atoms with Crippen LogP contribution in [0.5, 0.6) is 11.5 Å². The zero-order chi connectivity index (χ0) is 24.6. The van der Waals surface area contributed by atoms with Crippen LogP contribution in [0, 0.1) is 11.3 Å². The number of aromatic amines is 2. The highest BCUT2D eigenvalue weighted by molar-refractivity contribution is 6.00. The maximum absolute atomic E-state index is 10.4. The van der Waals surface area contributed by atoms with Crippen molar-refractivity contribution in [3.05, 3.63) is 90.8 Å². The third kappa shape index (κ3) is 3.46. The maximum atomic E-state index is 10.4. The average Bonchev–Trinajstić information content (AvgIpc) is 3.56. The number of pyridine rings is 1. The molecule has 3 heterocycles. The molecule has 0 fully saturated rings. The fraction of sp³-hybridized carbons (Fsp3) is 0.0667. The van der Waals surface area contributed by atoms with Gasteiger partial charge < -0.3 is 19.4 Å². The molecule has 0 saturated carbocycles. The number of aromatic nitrogens is 3. The molecule has 3 aromatic carbocycles. The molecule has 0 spiro atoms. The van der Waals surface area contributed by atoms with Gasteiger partial charge in [-0.1, -0.05) is 36.4 Å². The lowest BCUT2D eigenvalue weighted by Gasteiger charge is -2.14. The van der Waals surface area contributed by atoms with Crippen LogP contribution in [-0.2, 0) is 0 Å². The van der Waals surface area contributed by atoms with Crippen LogP contribution in [0.1, 0.15) is 5.56 Å². The zero-order valence-electron chi connectivity index (χ0n) is 19.8. The maximum Gasteiger partial charge on any atom is 0.123 e. The van der Waals surface area contributed by atoms with E-state index in [0.29, 0.717) is 22.8 Å². The SMILES string of the molecule is COc1cc(OC)cc(-c2cc(-c3c[nH]c4ccccc34)nc(-c3c[nH]c4ccccc34)c2C#N)c1. The van der Waals surface area contributed by atoms with E-state index in [2.05, 4.69) is 22.1 Å². The van der Waals surface area contributed by atoms with Crippen molar-refractivity contribution >= 4 is 21.8 Å². The molecule has 3 aromatic heterocycles. The van der Waals surface area contributed by atoms with Crippen LogP contribution in [0.25, 0.3) is 55.4 Å². The number of hydrogen-bond acceptors (Lipinski definition) is 4. The lowest BCUT2D eigenvalue weighted by atomic mass is 9.94. The van der Waals surface area contributed by atoms with Gasteiger partial charge >= 0.3 is 0 Å². The molecule has 6 aromatic rings. The Bertz CT molecular complexity index is 1770. The first-order valence-electron chi connectivity index (χ1n) is 11.5. The van der Waals surface area contributed by atoms with Gasteiger partial charge in [-0.25, -0.2) is 4.98 Å². The Kier molecular flexibility index (Phi) is 5.16. The number of rotatable bonds is 5. The standard InChI is InChI=1S/C30H22N4O2/c1-35-19-11-18(12-20(13-19)36-2)23-14-29(25-16-32-27-9-5-3-7-21(25)27)34-30(24(23)15-31)26-17-33-28-10-6-4-8-22(26)28/h3-14,16-17,32-33H,1-2H3. The van der Waals surface area contributed by atoms with E-state index in [0.717, 1.165) is 49.8 Å². The monoisotopic (exact) mass is 470 g/mol. The molecule has 0 saturated heterocycles. The predicted molar refractivity (Wildman–Crippen MR) is 142 cm³/mol. The highest BCUT2D eigenvalue weighted by Crippen LogP contribution is 2.40. The molecule has 0 aliphatic heterocycles. The number of nitrogens with one attached hydrogen (secondary N) is 2. The van der Waals surface area contributed by atoms with Crippen LogP contribution in [0.3, 0.4) is 0 Å². The summed E-state index contributed by atoms with van der Waals surface area (Å²) in [7, 11) is 3.23. The fourth-order valence-corrected chi connectivity index (χ4v) is 4.73. The summed E-state index contributed by atoms with van der Waals surface area (Å²) < 4.78 is 11.0. The third-order valence-corrected chi connectivity index (χ3v) is 6.50. The number of nitriles is 1. The number of hydrogen-bond donors (Lipinski definition) is 2. The molecule has 0 unspecified atom stereocenters. The number of nitrogens with zero attached hydrogens (tertiary/aromatic N) is 2. The highest BCUT2D eigenvalue weighted by Gasteiger charge is 2.21. The van der Waals surface area contributed by atoms with Gasteiger partial charge in [-0.2, -0.15) is 5.26 Å². The van der Waals surface area contributed by atoms with Crippen LogP contribution >= 0.6 is 0 Å². The third-order valence-electron chi connectivity index (χ3n) is 6.50. The van der Waals surface area contributed by atoms with Gasteiger partial charge in [0, 0.05) is 57.0 Å². The molecule has 0 aliphatic carbocycles. The van der Waals surface area contributed by atoms with E-state index in [-0.39, 0.29) is 0 Å². The summed E-state index contributed by atoms with van der Waals surface area (Å²) in [5.41, 5.74) is 7.29. The summed E-state index contributed by atoms with van der Waals surface area (Å²) in [6.45, 7) is 0. The lowest BCUT2D eigenvalue weighted by Crippen LogP contribution is -1.97. The van der Waals surface area contributed by atoms with Crippen molar-refractivity contribution in [2.75, 3.05) is 14.2 Å². The molecular weight excluding hydrogens is 448 g/mol. The number of H-pyrrole nitrogens is 2. The first kappa shape index (κ1) is 21.5. The fourth-order valence-electron chi connectivity index (χ4n) is 4.73. The van der Waals surface area contributed by atoms with E-state index in [1.807, 2.05) is 79.1 Å². The molecule has 0 radical (unpaired) electrons. The molecule has 2 N–H and O–H groups in total. The van der Waals surface area contributed by atoms with Gasteiger partial charge in [0.1, 0.15) is 17.6 Å². The topological polar surface area (TPSA) is 86.7 Å². The Morgan fingerprint density at radius 3 is 1.92 bits per heavy atom. The van der Waals surface area contributed by atoms with E-state index in [1.165, 1.54) is 0 Å². The van der Waals surface area contributed by atoms with Gasteiger partial charge in [0.2, 0.25) is 0 Å². The first-order chi connectivity index (χ1) is 17.7. The van der Waals surface area contributed by atoms with Gasteiger partial charge in [-0.3, -0.25) is 0 Å². The number of benzene rings is 3. The molecule has 174 valence electrons. The van der Waals surface area contributed by atoms with Gasteiger partial charge in [-0.15, -0.1) is 0 Å². The minimum absolute atomic E-state index is 0.485. The van der Waals surface area contributed by atoms with Gasteiger partial charge in [0.25, 0.3) is 0 Å². The zero-order valence-corrected chi connectivity index (χ0v) is 19.8. The smallest absolute Gasteiger partial charge is 0.123 e. The van der Waals surface area contributed by atoms with E-state index in [9.17, 15) is 5.26 Å². The lowest BCUT2D eigenvalue weighted by molar-refractivity contribution is 0.394. The molecule has 6 heteroatoms. The van der Waals surface area contributed by atoms with Crippen LogP contribution in [0.2, 0.25) is 0 Å². The largest absolute Gasteiger partial charge is 0.497 e. The van der Waals surface area contributed by atoms with Crippen molar-refractivity contribution in [3.8, 4) is 51.2 Å². The Morgan fingerprint density at radius 2 is 1.31 bits per heavy atom. The molecule has 36 heavy (non-hydrogen) atoms. The highest BCUT2D eigenvalue weighted by atomic mass is 16.5. The quantitative estimate of drug-likeness (QED) is 0.286. The summed E-state index contributed by atoms with van der Waals surface area (Å²) in [5.74, 6) is 1.29. The molecule has 0 aliphatic rings. The van der Waals surface area contributed by atoms with E-state index < -0.39 is 0 Å². The normalized spacial score (nSPS) is 11.0.